The molecule has 1 heterocycles. The molecule has 2 unspecified atom stereocenters. The van der Waals surface area contributed by atoms with Crippen molar-refractivity contribution >= 4 is 0 Å². The first-order chi connectivity index (χ1) is 9.26. The molecular weight excluding hydrogens is 236 g/mol. The summed E-state index contributed by atoms with van der Waals surface area (Å²) in [5.74, 6) is 1.36. The number of benzene rings is 1. The third kappa shape index (κ3) is 3.48. The van der Waals surface area contributed by atoms with E-state index in [0.29, 0.717) is 25.1 Å². The lowest BCUT2D eigenvalue weighted by molar-refractivity contribution is 0.160. The van der Waals surface area contributed by atoms with Crippen LogP contribution in [-0.4, -0.2) is 37.7 Å². The molecular formula is C16H26N2O. The molecule has 0 bridgehead atoms. The summed E-state index contributed by atoms with van der Waals surface area (Å²) in [6.45, 7) is 4.61. The van der Waals surface area contributed by atoms with E-state index in [0.717, 1.165) is 5.75 Å². The van der Waals surface area contributed by atoms with Crippen molar-refractivity contribution in [1.29, 1.82) is 0 Å². The fraction of sp³-hybridized carbons (Fsp3) is 0.625. The molecule has 19 heavy (non-hydrogen) atoms. The van der Waals surface area contributed by atoms with Crippen molar-refractivity contribution in [2.24, 2.45) is 5.73 Å². The van der Waals surface area contributed by atoms with Crippen molar-refractivity contribution in [3.05, 3.63) is 29.8 Å². The molecule has 0 spiro atoms. The van der Waals surface area contributed by atoms with E-state index >= 15 is 0 Å². The van der Waals surface area contributed by atoms with Gasteiger partial charge in [-0.2, -0.15) is 0 Å². The molecule has 106 valence electrons. The molecule has 1 aliphatic rings. The molecule has 2 N–H and O–H groups in total. The number of hydrogen-bond acceptors (Lipinski definition) is 3. The molecule has 0 aromatic heterocycles. The van der Waals surface area contributed by atoms with Gasteiger partial charge in [0.15, 0.2) is 0 Å². The standard InChI is InChI=1S/C16H26N2O/c1-3-19-14-8-6-7-13(11-14)15(12-17)16-9-4-5-10-18(16)2/h6-8,11,15-16H,3-5,9-10,12,17H2,1-2H3. The fourth-order valence-corrected chi connectivity index (χ4v) is 3.13. The Morgan fingerprint density at radius 2 is 2.26 bits per heavy atom. The van der Waals surface area contributed by atoms with Crippen molar-refractivity contribution in [3.8, 4) is 5.75 Å². The summed E-state index contributed by atoms with van der Waals surface area (Å²) in [4.78, 5) is 2.47. The van der Waals surface area contributed by atoms with E-state index in [-0.39, 0.29) is 0 Å². The van der Waals surface area contributed by atoms with Gasteiger partial charge in [0.2, 0.25) is 0 Å². The topological polar surface area (TPSA) is 38.5 Å². The van der Waals surface area contributed by atoms with Crippen LogP contribution < -0.4 is 10.5 Å². The van der Waals surface area contributed by atoms with Crippen LogP contribution in [0.15, 0.2) is 24.3 Å². The van der Waals surface area contributed by atoms with Crippen LogP contribution in [0.25, 0.3) is 0 Å². The lowest BCUT2D eigenvalue weighted by Gasteiger charge is -2.38. The smallest absolute Gasteiger partial charge is 0.119 e. The number of piperidine rings is 1. The largest absolute Gasteiger partial charge is 0.494 e. The van der Waals surface area contributed by atoms with Gasteiger partial charge >= 0.3 is 0 Å². The SMILES string of the molecule is CCOc1cccc(C(CN)C2CCCCN2C)c1. The van der Waals surface area contributed by atoms with Crippen LogP contribution in [0.4, 0.5) is 0 Å². The number of rotatable bonds is 5. The molecule has 3 heteroatoms. The van der Waals surface area contributed by atoms with Crippen LogP contribution in [0.1, 0.15) is 37.7 Å². The first-order valence-corrected chi connectivity index (χ1v) is 7.39. The van der Waals surface area contributed by atoms with E-state index in [4.69, 9.17) is 10.5 Å². The molecule has 0 radical (unpaired) electrons. The van der Waals surface area contributed by atoms with E-state index < -0.39 is 0 Å². The highest BCUT2D eigenvalue weighted by Gasteiger charge is 2.27. The first-order valence-electron chi connectivity index (χ1n) is 7.39. The number of nitrogens with two attached hydrogens (primary N) is 1. The third-order valence-corrected chi connectivity index (χ3v) is 4.14. The second kappa shape index (κ2) is 6.92. The van der Waals surface area contributed by atoms with Gasteiger partial charge in [-0.05, 0) is 51.1 Å². The zero-order chi connectivity index (χ0) is 13.7. The predicted octanol–water partition coefficient (Wildman–Crippen LogP) is 2.61. The molecule has 1 saturated heterocycles. The van der Waals surface area contributed by atoms with Gasteiger partial charge in [-0.25, -0.2) is 0 Å². The molecule has 1 aromatic carbocycles. The third-order valence-electron chi connectivity index (χ3n) is 4.14. The molecule has 1 fully saturated rings. The highest BCUT2D eigenvalue weighted by Crippen LogP contribution is 2.30. The Hall–Kier alpha value is -1.06. The minimum atomic E-state index is 0.408. The fourth-order valence-electron chi connectivity index (χ4n) is 3.13. The number of nitrogens with zero attached hydrogens (tertiary/aromatic N) is 1. The summed E-state index contributed by atoms with van der Waals surface area (Å²) in [7, 11) is 2.22. The highest BCUT2D eigenvalue weighted by atomic mass is 16.5. The van der Waals surface area contributed by atoms with E-state index in [1.807, 2.05) is 13.0 Å². The average molecular weight is 262 g/mol. The van der Waals surface area contributed by atoms with Crippen LogP contribution in [-0.2, 0) is 0 Å². The van der Waals surface area contributed by atoms with Gasteiger partial charge in [0, 0.05) is 18.5 Å². The molecule has 1 aliphatic heterocycles. The normalized spacial score (nSPS) is 22.2. The first kappa shape index (κ1) is 14.4. The minimum Gasteiger partial charge on any atom is -0.494 e. The average Bonchev–Trinajstić information content (AvgIpc) is 2.43. The molecule has 0 aliphatic carbocycles. The number of hydrogen-bond donors (Lipinski definition) is 1. The Kier molecular flexibility index (Phi) is 5.23. The number of likely N-dealkylation sites (tertiary alicyclic amines) is 1. The number of likely N-dealkylation sites (N-methyl/N-ethyl adjacent to an activating group) is 1. The van der Waals surface area contributed by atoms with Gasteiger partial charge in [-0.3, -0.25) is 0 Å². The summed E-state index contributed by atoms with van der Waals surface area (Å²) < 4.78 is 5.60. The summed E-state index contributed by atoms with van der Waals surface area (Å²) in [6, 6.07) is 9.00. The Morgan fingerprint density at radius 3 is 2.95 bits per heavy atom. The maximum absolute atomic E-state index is 6.05. The van der Waals surface area contributed by atoms with Crippen LogP contribution in [0.5, 0.6) is 5.75 Å². The maximum atomic E-state index is 6.05. The van der Waals surface area contributed by atoms with E-state index in [1.165, 1.54) is 31.4 Å². The second-order valence-electron chi connectivity index (χ2n) is 5.39. The van der Waals surface area contributed by atoms with Crippen molar-refractivity contribution in [1.82, 2.24) is 4.90 Å². The Morgan fingerprint density at radius 1 is 1.42 bits per heavy atom. The molecule has 3 nitrogen and oxygen atoms in total. The summed E-state index contributed by atoms with van der Waals surface area (Å²) >= 11 is 0. The van der Waals surface area contributed by atoms with Crippen molar-refractivity contribution in [2.45, 2.75) is 38.1 Å². The van der Waals surface area contributed by atoms with Crippen LogP contribution >= 0.6 is 0 Å². The van der Waals surface area contributed by atoms with Crippen molar-refractivity contribution in [2.75, 3.05) is 26.7 Å². The van der Waals surface area contributed by atoms with Gasteiger partial charge in [0.25, 0.3) is 0 Å². The Labute approximate surface area is 116 Å². The van der Waals surface area contributed by atoms with Gasteiger partial charge in [-0.15, -0.1) is 0 Å². The van der Waals surface area contributed by atoms with Crippen molar-refractivity contribution in [3.63, 3.8) is 0 Å². The zero-order valence-corrected chi connectivity index (χ0v) is 12.1. The van der Waals surface area contributed by atoms with E-state index in [2.05, 4.69) is 30.1 Å². The quantitative estimate of drug-likeness (QED) is 0.886. The zero-order valence-electron chi connectivity index (χ0n) is 12.1. The minimum absolute atomic E-state index is 0.408. The van der Waals surface area contributed by atoms with Gasteiger partial charge in [0.1, 0.15) is 5.75 Å². The van der Waals surface area contributed by atoms with Gasteiger partial charge < -0.3 is 15.4 Å². The van der Waals surface area contributed by atoms with Crippen LogP contribution in [0, 0.1) is 0 Å². The van der Waals surface area contributed by atoms with Gasteiger partial charge in [0.05, 0.1) is 6.61 Å². The predicted molar refractivity (Wildman–Crippen MR) is 79.7 cm³/mol. The lowest BCUT2D eigenvalue weighted by atomic mass is 9.85. The van der Waals surface area contributed by atoms with E-state index in [9.17, 15) is 0 Å². The Balaban J connectivity index is 2.18. The summed E-state index contributed by atoms with van der Waals surface area (Å²) in [6.07, 6.45) is 3.87. The molecule has 2 rings (SSSR count). The number of ether oxygens (including phenoxy) is 1. The molecule has 0 saturated carbocycles. The second-order valence-corrected chi connectivity index (χ2v) is 5.39. The maximum Gasteiger partial charge on any atom is 0.119 e. The van der Waals surface area contributed by atoms with Gasteiger partial charge in [-0.1, -0.05) is 18.6 Å². The van der Waals surface area contributed by atoms with Crippen molar-refractivity contribution < 1.29 is 4.74 Å². The van der Waals surface area contributed by atoms with Crippen LogP contribution in [0.2, 0.25) is 0 Å². The highest BCUT2D eigenvalue weighted by molar-refractivity contribution is 5.32. The summed E-state index contributed by atoms with van der Waals surface area (Å²) in [5.41, 5.74) is 7.37. The summed E-state index contributed by atoms with van der Waals surface area (Å²) in [5, 5.41) is 0. The monoisotopic (exact) mass is 262 g/mol. The molecule has 0 amide bonds. The lowest BCUT2D eigenvalue weighted by Crippen LogP contribution is -2.42. The molecule has 1 aromatic rings. The Bertz CT molecular complexity index is 394. The van der Waals surface area contributed by atoms with Crippen LogP contribution in [0.3, 0.4) is 0 Å². The molecule has 2 atom stereocenters. The van der Waals surface area contributed by atoms with E-state index in [1.54, 1.807) is 0 Å².